The molecule has 1 unspecified atom stereocenters. The van der Waals surface area contributed by atoms with Crippen LogP contribution in [-0.2, 0) is 9.53 Å². The van der Waals surface area contributed by atoms with E-state index in [0.717, 1.165) is 31.4 Å². The van der Waals surface area contributed by atoms with E-state index in [2.05, 4.69) is 61.6 Å². The largest absolute Gasteiger partial charge is 0.494 e. The molecule has 0 aliphatic carbocycles. The second-order valence-corrected chi connectivity index (χ2v) is 9.40. The fourth-order valence-corrected chi connectivity index (χ4v) is 3.77. The number of hydrogen-bond donors (Lipinski definition) is 0. The molecule has 0 bridgehead atoms. The zero-order valence-corrected chi connectivity index (χ0v) is 20.0. The summed E-state index contributed by atoms with van der Waals surface area (Å²) in [7, 11) is 1.45. The first-order chi connectivity index (χ1) is 14.9. The summed E-state index contributed by atoms with van der Waals surface area (Å²) >= 11 is 1.70. The molecule has 1 atom stereocenters. The molecule has 1 heterocycles. The van der Waals surface area contributed by atoms with E-state index in [4.69, 9.17) is 9.47 Å². The highest BCUT2D eigenvalue weighted by atomic mass is 32.1. The smallest absolute Gasteiger partial charge is 0.308 e. The predicted octanol–water partition coefficient (Wildman–Crippen LogP) is 7.14. The summed E-state index contributed by atoms with van der Waals surface area (Å²) in [5, 5.41) is 4.22. The Hall–Kier alpha value is -2.51. The highest BCUT2D eigenvalue weighted by Crippen LogP contribution is 2.26. The molecule has 0 amide bonds. The quantitative estimate of drug-likeness (QED) is 0.212. The van der Waals surface area contributed by atoms with Crippen LogP contribution in [0.15, 0.2) is 53.2 Å². The number of carbonyl (C=O) groups is 1. The molecule has 0 N–H and O–H groups in total. The van der Waals surface area contributed by atoms with Crippen molar-refractivity contribution in [2.75, 3.05) is 13.7 Å². The second-order valence-electron chi connectivity index (χ2n) is 8.62. The first-order valence-electron chi connectivity index (χ1n) is 10.9. The van der Waals surface area contributed by atoms with E-state index in [9.17, 15) is 4.79 Å². The third-order valence-corrected chi connectivity index (χ3v) is 5.44. The van der Waals surface area contributed by atoms with Gasteiger partial charge in [-0.1, -0.05) is 42.9 Å². The molecule has 0 aliphatic heterocycles. The Morgan fingerprint density at radius 2 is 2.00 bits per heavy atom. The van der Waals surface area contributed by atoms with Gasteiger partial charge in [0.2, 0.25) is 0 Å². The molecular formula is C27H34O3S. The molecule has 2 aromatic rings. The summed E-state index contributed by atoms with van der Waals surface area (Å²) in [6.07, 6.45) is 8.26. The lowest BCUT2D eigenvalue weighted by molar-refractivity contribution is -0.145. The molecule has 3 nitrogen and oxygen atoms in total. The lowest BCUT2D eigenvalue weighted by atomic mass is 9.97. The molecule has 2 rings (SSSR count). The highest BCUT2D eigenvalue weighted by molar-refractivity contribution is 7.08. The van der Waals surface area contributed by atoms with Crippen LogP contribution in [0.2, 0.25) is 0 Å². The van der Waals surface area contributed by atoms with Crippen LogP contribution in [0.4, 0.5) is 0 Å². The van der Waals surface area contributed by atoms with Crippen molar-refractivity contribution in [3.63, 3.8) is 0 Å². The number of methoxy groups -OCH3 is 1. The van der Waals surface area contributed by atoms with Gasteiger partial charge in [-0.05, 0) is 86.2 Å². The summed E-state index contributed by atoms with van der Waals surface area (Å²) < 4.78 is 10.9. The van der Waals surface area contributed by atoms with Gasteiger partial charge in [-0.3, -0.25) is 4.79 Å². The maximum atomic E-state index is 12.1. The summed E-state index contributed by atoms with van der Waals surface area (Å²) in [5.41, 5.74) is 2.39. The zero-order valence-electron chi connectivity index (χ0n) is 19.1. The minimum atomic E-state index is -0.144. The number of thiophene rings is 1. The van der Waals surface area contributed by atoms with E-state index in [1.54, 1.807) is 11.3 Å². The van der Waals surface area contributed by atoms with Crippen molar-refractivity contribution < 1.29 is 14.3 Å². The van der Waals surface area contributed by atoms with Crippen molar-refractivity contribution in [1.82, 2.24) is 0 Å². The number of allylic oxidation sites excluding steroid dienone is 2. The molecule has 166 valence electrons. The van der Waals surface area contributed by atoms with Gasteiger partial charge in [-0.2, -0.15) is 11.3 Å². The average Bonchev–Trinajstić information content (AvgIpc) is 3.28. The standard InChI is InChI=1S/C27H34O3S/c1-27(2,3)17-9-5-7-12-22(26(28)29-4)13-8-6-10-18-30-25-15-11-14-23(20-25)24-16-19-31-21-24/h5,7,11,14-16,19-22H,6,8,10,12-13,18H2,1-4H3/b7-5+. The number of esters is 1. The van der Waals surface area contributed by atoms with Gasteiger partial charge in [-0.25, -0.2) is 0 Å². The van der Waals surface area contributed by atoms with Crippen LogP contribution < -0.4 is 4.74 Å². The van der Waals surface area contributed by atoms with Crippen molar-refractivity contribution in [3.05, 3.63) is 53.2 Å². The lowest BCUT2D eigenvalue weighted by Crippen LogP contribution is -2.15. The van der Waals surface area contributed by atoms with E-state index in [0.29, 0.717) is 13.0 Å². The van der Waals surface area contributed by atoms with Gasteiger partial charge in [-0.15, -0.1) is 0 Å². The third-order valence-electron chi connectivity index (χ3n) is 4.76. The van der Waals surface area contributed by atoms with E-state index in [-0.39, 0.29) is 17.3 Å². The zero-order chi connectivity index (χ0) is 22.5. The lowest BCUT2D eigenvalue weighted by Gasteiger charge is -2.12. The number of hydrogen-bond acceptors (Lipinski definition) is 4. The van der Waals surface area contributed by atoms with Crippen molar-refractivity contribution in [2.24, 2.45) is 11.3 Å². The van der Waals surface area contributed by atoms with Crippen molar-refractivity contribution >= 4 is 17.3 Å². The summed E-state index contributed by atoms with van der Waals surface area (Å²) in [4.78, 5) is 12.1. The molecule has 31 heavy (non-hydrogen) atoms. The molecule has 0 saturated heterocycles. The fourth-order valence-electron chi connectivity index (χ4n) is 3.10. The van der Waals surface area contributed by atoms with Crippen LogP contribution in [0.1, 0.15) is 52.9 Å². The van der Waals surface area contributed by atoms with Gasteiger partial charge in [0.25, 0.3) is 0 Å². The molecule has 1 aromatic carbocycles. The fraction of sp³-hybridized carbons (Fsp3) is 0.444. The Morgan fingerprint density at radius 1 is 1.16 bits per heavy atom. The summed E-state index contributed by atoms with van der Waals surface area (Å²) in [5.74, 6) is 6.86. The Morgan fingerprint density at radius 3 is 2.71 bits per heavy atom. The van der Waals surface area contributed by atoms with E-state index >= 15 is 0 Å². The average molecular weight is 439 g/mol. The van der Waals surface area contributed by atoms with Crippen molar-refractivity contribution in [3.8, 4) is 28.7 Å². The third kappa shape index (κ3) is 9.89. The van der Waals surface area contributed by atoms with Gasteiger partial charge in [0.05, 0.1) is 19.6 Å². The van der Waals surface area contributed by atoms with Gasteiger partial charge >= 0.3 is 5.97 Å². The Bertz CT molecular complexity index is 879. The van der Waals surface area contributed by atoms with E-state index in [1.807, 2.05) is 24.3 Å². The topological polar surface area (TPSA) is 35.5 Å². The number of benzene rings is 1. The van der Waals surface area contributed by atoms with Gasteiger partial charge < -0.3 is 9.47 Å². The normalized spacial score (nSPS) is 12.3. The highest BCUT2D eigenvalue weighted by Gasteiger charge is 2.17. The Labute approximate surface area is 191 Å². The van der Waals surface area contributed by atoms with Gasteiger partial charge in [0.15, 0.2) is 0 Å². The van der Waals surface area contributed by atoms with Crippen LogP contribution in [-0.4, -0.2) is 19.7 Å². The minimum Gasteiger partial charge on any atom is -0.494 e. The predicted molar refractivity (Wildman–Crippen MR) is 130 cm³/mol. The maximum absolute atomic E-state index is 12.1. The van der Waals surface area contributed by atoms with Crippen LogP contribution in [0.3, 0.4) is 0 Å². The Balaban J connectivity index is 1.70. The van der Waals surface area contributed by atoms with Gasteiger partial charge in [0.1, 0.15) is 5.75 Å². The second kappa shape index (κ2) is 13.0. The van der Waals surface area contributed by atoms with Crippen LogP contribution >= 0.6 is 11.3 Å². The molecule has 0 saturated carbocycles. The van der Waals surface area contributed by atoms with E-state index in [1.165, 1.54) is 18.2 Å². The monoisotopic (exact) mass is 438 g/mol. The van der Waals surface area contributed by atoms with Crippen LogP contribution in [0, 0.1) is 23.2 Å². The molecular weight excluding hydrogens is 404 g/mol. The summed E-state index contributed by atoms with van der Waals surface area (Å²) in [6, 6.07) is 10.3. The molecule has 0 spiro atoms. The van der Waals surface area contributed by atoms with E-state index < -0.39 is 0 Å². The SMILES string of the molecule is COC(=O)C(C/C=C/C#CC(C)(C)C)CCCCCOc1cccc(-c2ccsc2)c1. The number of ether oxygens (including phenoxy) is 2. The maximum Gasteiger partial charge on any atom is 0.308 e. The first kappa shape index (κ1) is 24.8. The summed E-state index contributed by atoms with van der Waals surface area (Å²) in [6.45, 7) is 6.91. The molecule has 0 radical (unpaired) electrons. The Kier molecular flexibility index (Phi) is 10.4. The number of unbranched alkanes of at least 4 members (excludes halogenated alkanes) is 2. The first-order valence-corrected chi connectivity index (χ1v) is 11.8. The van der Waals surface area contributed by atoms with Crippen LogP contribution in [0.25, 0.3) is 11.1 Å². The van der Waals surface area contributed by atoms with Crippen LogP contribution in [0.5, 0.6) is 5.75 Å². The van der Waals surface area contributed by atoms with Gasteiger partial charge in [0, 0.05) is 5.41 Å². The van der Waals surface area contributed by atoms with Crippen molar-refractivity contribution in [2.45, 2.75) is 52.9 Å². The number of carbonyl (C=O) groups excluding carboxylic acids is 1. The molecule has 0 aliphatic rings. The molecule has 0 fully saturated rings. The van der Waals surface area contributed by atoms with Crippen molar-refractivity contribution in [1.29, 1.82) is 0 Å². The minimum absolute atomic E-state index is 0.0145. The molecule has 1 aromatic heterocycles. The number of rotatable bonds is 11. The molecule has 4 heteroatoms.